The van der Waals surface area contributed by atoms with Gasteiger partial charge in [-0.1, -0.05) is 0 Å². The number of sulfone groups is 1. The molecule has 0 bridgehead atoms. The third-order valence-electron chi connectivity index (χ3n) is 3.07. The Kier molecular flexibility index (Phi) is 3.49. The highest BCUT2D eigenvalue weighted by Crippen LogP contribution is 2.35. The van der Waals surface area contributed by atoms with Gasteiger partial charge in [-0.05, 0) is 31.0 Å². The number of anilines is 2. The number of hydrogen-bond acceptors (Lipinski definition) is 5. The quantitative estimate of drug-likeness (QED) is 0.767. The van der Waals surface area contributed by atoms with Crippen LogP contribution in [-0.2, 0) is 9.84 Å². The standard InChI is InChI=1S/C12H18N2O3S/c1-18(16,17)10-4-5-12(11(13)8-10)14(6-7-15)9-2-3-9/h4-5,8-9,15H,2-3,6-7,13H2,1H3. The fourth-order valence-electron chi connectivity index (χ4n) is 2.02. The number of benzene rings is 1. The Morgan fingerprint density at radius 1 is 1.44 bits per heavy atom. The van der Waals surface area contributed by atoms with Crippen molar-refractivity contribution in [3.05, 3.63) is 18.2 Å². The molecule has 100 valence electrons. The summed E-state index contributed by atoms with van der Waals surface area (Å²) in [4.78, 5) is 2.27. The Labute approximate surface area is 107 Å². The van der Waals surface area contributed by atoms with Gasteiger partial charge < -0.3 is 15.7 Å². The Bertz CT molecular complexity index is 538. The molecule has 5 nitrogen and oxygen atoms in total. The molecule has 6 heteroatoms. The van der Waals surface area contributed by atoms with Crippen LogP contribution in [0, 0.1) is 0 Å². The normalized spacial score (nSPS) is 15.7. The molecule has 3 N–H and O–H groups in total. The van der Waals surface area contributed by atoms with Crippen molar-refractivity contribution in [3.8, 4) is 0 Å². The summed E-state index contributed by atoms with van der Waals surface area (Å²) in [5.41, 5.74) is 7.17. The molecule has 0 heterocycles. The second kappa shape index (κ2) is 4.78. The first-order chi connectivity index (χ1) is 8.43. The van der Waals surface area contributed by atoms with E-state index in [0.29, 0.717) is 18.3 Å². The van der Waals surface area contributed by atoms with Crippen molar-refractivity contribution in [3.63, 3.8) is 0 Å². The van der Waals surface area contributed by atoms with Gasteiger partial charge in [0, 0.05) is 18.8 Å². The summed E-state index contributed by atoms with van der Waals surface area (Å²) in [6, 6.07) is 5.19. The van der Waals surface area contributed by atoms with E-state index in [0.717, 1.165) is 24.8 Å². The van der Waals surface area contributed by atoms with Gasteiger partial charge in [0.15, 0.2) is 9.84 Å². The highest BCUT2D eigenvalue weighted by molar-refractivity contribution is 7.90. The number of rotatable bonds is 5. The van der Waals surface area contributed by atoms with Gasteiger partial charge in [0.1, 0.15) is 0 Å². The molecule has 1 fully saturated rings. The van der Waals surface area contributed by atoms with E-state index in [1.807, 2.05) is 4.90 Å². The summed E-state index contributed by atoms with van der Waals surface area (Å²) < 4.78 is 22.9. The van der Waals surface area contributed by atoms with Gasteiger partial charge in [-0.15, -0.1) is 0 Å². The first-order valence-electron chi connectivity index (χ1n) is 5.90. The van der Waals surface area contributed by atoms with E-state index in [1.54, 1.807) is 12.1 Å². The van der Waals surface area contributed by atoms with E-state index in [9.17, 15) is 8.42 Å². The zero-order chi connectivity index (χ0) is 13.3. The first-order valence-corrected chi connectivity index (χ1v) is 7.79. The topological polar surface area (TPSA) is 83.6 Å². The van der Waals surface area contributed by atoms with Crippen LogP contribution in [0.3, 0.4) is 0 Å². The monoisotopic (exact) mass is 270 g/mol. The Morgan fingerprint density at radius 3 is 2.56 bits per heavy atom. The van der Waals surface area contributed by atoms with Gasteiger partial charge in [0.05, 0.1) is 22.9 Å². The van der Waals surface area contributed by atoms with E-state index >= 15 is 0 Å². The van der Waals surface area contributed by atoms with E-state index < -0.39 is 9.84 Å². The summed E-state index contributed by atoms with van der Waals surface area (Å²) in [5.74, 6) is 0. The minimum atomic E-state index is -3.23. The Morgan fingerprint density at radius 2 is 2.11 bits per heavy atom. The molecule has 0 atom stereocenters. The van der Waals surface area contributed by atoms with Crippen molar-refractivity contribution in [1.29, 1.82) is 0 Å². The Hall–Kier alpha value is -1.27. The molecule has 1 aliphatic carbocycles. The second-order valence-electron chi connectivity index (χ2n) is 4.64. The van der Waals surface area contributed by atoms with Gasteiger partial charge in [-0.3, -0.25) is 0 Å². The molecule has 0 amide bonds. The lowest BCUT2D eigenvalue weighted by molar-refractivity contribution is 0.301. The van der Waals surface area contributed by atoms with Crippen molar-refractivity contribution in [2.24, 2.45) is 0 Å². The van der Waals surface area contributed by atoms with Gasteiger partial charge in [-0.2, -0.15) is 0 Å². The summed E-state index contributed by atoms with van der Waals surface area (Å²) in [7, 11) is -3.23. The number of nitrogen functional groups attached to an aromatic ring is 1. The molecule has 1 aromatic carbocycles. The van der Waals surface area contributed by atoms with E-state index in [-0.39, 0.29) is 11.5 Å². The SMILES string of the molecule is CS(=O)(=O)c1ccc(N(CCO)C2CC2)c(N)c1. The molecule has 0 spiro atoms. The number of nitrogens with zero attached hydrogens (tertiary/aromatic N) is 1. The highest BCUT2D eigenvalue weighted by Gasteiger charge is 2.30. The van der Waals surface area contributed by atoms with Crippen molar-refractivity contribution in [2.75, 3.05) is 30.0 Å². The molecular weight excluding hydrogens is 252 g/mol. The van der Waals surface area contributed by atoms with Crippen molar-refractivity contribution in [2.45, 2.75) is 23.8 Å². The van der Waals surface area contributed by atoms with E-state index in [2.05, 4.69) is 0 Å². The maximum atomic E-state index is 11.4. The van der Waals surface area contributed by atoms with Crippen molar-refractivity contribution < 1.29 is 13.5 Å². The van der Waals surface area contributed by atoms with Crippen molar-refractivity contribution >= 4 is 21.2 Å². The lowest BCUT2D eigenvalue weighted by Crippen LogP contribution is -2.29. The average Bonchev–Trinajstić information content (AvgIpc) is 3.09. The molecule has 2 rings (SSSR count). The van der Waals surface area contributed by atoms with Crippen LogP contribution in [0.4, 0.5) is 11.4 Å². The summed E-state index contributed by atoms with van der Waals surface area (Å²) in [6.45, 7) is 0.580. The minimum Gasteiger partial charge on any atom is -0.397 e. The molecule has 0 aromatic heterocycles. The number of aliphatic hydroxyl groups is 1. The van der Waals surface area contributed by atoms with Crippen LogP contribution < -0.4 is 10.6 Å². The third-order valence-corrected chi connectivity index (χ3v) is 4.18. The fraction of sp³-hybridized carbons (Fsp3) is 0.500. The summed E-state index contributed by atoms with van der Waals surface area (Å²) in [5, 5.41) is 9.07. The highest BCUT2D eigenvalue weighted by atomic mass is 32.2. The third kappa shape index (κ3) is 2.76. The van der Waals surface area contributed by atoms with Crippen LogP contribution in [0.25, 0.3) is 0 Å². The van der Waals surface area contributed by atoms with Crippen molar-refractivity contribution in [1.82, 2.24) is 0 Å². The number of hydrogen-bond donors (Lipinski definition) is 2. The Balaban J connectivity index is 2.33. The van der Waals surface area contributed by atoms with Crippen LogP contribution in [0.2, 0.25) is 0 Å². The van der Waals surface area contributed by atoms with Gasteiger partial charge >= 0.3 is 0 Å². The molecule has 0 radical (unpaired) electrons. The summed E-state index contributed by atoms with van der Waals surface area (Å²) in [6.07, 6.45) is 3.34. The molecule has 1 aliphatic rings. The van der Waals surface area contributed by atoms with Gasteiger partial charge in [0.2, 0.25) is 0 Å². The largest absolute Gasteiger partial charge is 0.397 e. The zero-order valence-corrected chi connectivity index (χ0v) is 11.2. The molecule has 1 saturated carbocycles. The molecule has 0 aliphatic heterocycles. The van der Waals surface area contributed by atoms with Crippen LogP contribution in [0.1, 0.15) is 12.8 Å². The van der Waals surface area contributed by atoms with Crippen LogP contribution in [0.5, 0.6) is 0 Å². The predicted molar refractivity (Wildman–Crippen MR) is 71.4 cm³/mol. The van der Waals surface area contributed by atoms with Crippen LogP contribution in [0.15, 0.2) is 23.1 Å². The lowest BCUT2D eigenvalue weighted by atomic mass is 10.2. The zero-order valence-electron chi connectivity index (χ0n) is 10.3. The molecule has 0 unspecified atom stereocenters. The number of aliphatic hydroxyl groups excluding tert-OH is 1. The fourth-order valence-corrected chi connectivity index (χ4v) is 2.67. The second-order valence-corrected chi connectivity index (χ2v) is 6.66. The molecular formula is C12H18N2O3S. The smallest absolute Gasteiger partial charge is 0.175 e. The average molecular weight is 270 g/mol. The molecule has 0 saturated heterocycles. The van der Waals surface area contributed by atoms with Gasteiger partial charge in [-0.25, -0.2) is 8.42 Å². The van der Waals surface area contributed by atoms with Crippen LogP contribution >= 0.6 is 0 Å². The maximum Gasteiger partial charge on any atom is 0.175 e. The number of nitrogens with two attached hydrogens (primary N) is 1. The van der Waals surface area contributed by atoms with E-state index in [1.165, 1.54) is 6.07 Å². The molecule has 1 aromatic rings. The first kappa shape index (κ1) is 13.2. The van der Waals surface area contributed by atoms with Gasteiger partial charge in [0.25, 0.3) is 0 Å². The lowest BCUT2D eigenvalue weighted by Gasteiger charge is -2.25. The van der Waals surface area contributed by atoms with E-state index in [4.69, 9.17) is 10.8 Å². The summed E-state index contributed by atoms with van der Waals surface area (Å²) >= 11 is 0. The molecule has 18 heavy (non-hydrogen) atoms. The van der Waals surface area contributed by atoms with Crippen LogP contribution in [-0.4, -0.2) is 39.0 Å². The maximum absolute atomic E-state index is 11.4. The minimum absolute atomic E-state index is 0.0593. The predicted octanol–water partition coefficient (Wildman–Crippen LogP) is 0.633.